The molecular formula is C24H23NO5S. The summed E-state index contributed by atoms with van der Waals surface area (Å²) >= 11 is 0. The molecule has 0 unspecified atom stereocenters. The molecule has 2 atom stereocenters. The van der Waals surface area contributed by atoms with Crippen LogP contribution in [0.3, 0.4) is 0 Å². The number of rotatable bonds is 6. The fourth-order valence-corrected chi connectivity index (χ4v) is 5.51. The topological polar surface area (TPSA) is 76.8 Å². The van der Waals surface area contributed by atoms with Crippen LogP contribution in [0.1, 0.15) is 35.7 Å². The molecule has 2 heterocycles. The van der Waals surface area contributed by atoms with Crippen LogP contribution in [-0.2, 0) is 19.6 Å². The molecule has 0 radical (unpaired) electrons. The highest BCUT2D eigenvalue weighted by Gasteiger charge is 2.47. The standard InChI is InChI=1S/C24H23NO5S/c1-3-30-24(26)21-15-22(19-13-14-29-16-19)25(23(21)18-7-5-4-6-8-18)31(27,28)20-11-9-17(2)10-12-20/h4-16,22-23H,3H2,1-2H3/t22-,23-/m0/s1. The number of furan rings is 1. The first kappa shape index (κ1) is 21.1. The van der Waals surface area contributed by atoms with Gasteiger partial charge in [-0.25, -0.2) is 13.2 Å². The second-order valence-corrected chi connectivity index (χ2v) is 9.15. The van der Waals surface area contributed by atoms with Crippen molar-refractivity contribution in [3.8, 4) is 0 Å². The Bertz CT molecular complexity index is 1180. The van der Waals surface area contributed by atoms with Crippen molar-refractivity contribution in [3.05, 3.63) is 102 Å². The largest absolute Gasteiger partial charge is 0.472 e. The van der Waals surface area contributed by atoms with Gasteiger partial charge in [0.2, 0.25) is 10.0 Å². The average molecular weight is 438 g/mol. The van der Waals surface area contributed by atoms with Crippen molar-refractivity contribution in [1.29, 1.82) is 0 Å². The van der Waals surface area contributed by atoms with Gasteiger partial charge in [0.25, 0.3) is 0 Å². The van der Waals surface area contributed by atoms with Crippen LogP contribution in [0.2, 0.25) is 0 Å². The van der Waals surface area contributed by atoms with Crippen LogP contribution in [0.15, 0.2) is 94.2 Å². The minimum absolute atomic E-state index is 0.158. The van der Waals surface area contributed by atoms with Crippen molar-refractivity contribution >= 4 is 16.0 Å². The summed E-state index contributed by atoms with van der Waals surface area (Å²) in [6, 6.07) is 16.0. The lowest BCUT2D eigenvalue weighted by atomic mass is 10.0. The molecule has 0 spiro atoms. The molecule has 7 heteroatoms. The van der Waals surface area contributed by atoms with Crippen LogP contribution in [0.4, 0.5) is 0 Å². The number of hydrogen-bond acceptors (Lipinski definition) is 5. The third kappa shape index (κ3) is 3.94. The first-order valence-electron chi connectivity index (χ1n) is 9.99. The summed E-state index contributed by atoms with van der Waals surface area (Å²) in [4.78, 5) is 13.0. The molecule has 160 valence electrons. The smallest absolute Gasteiger partial charge is 0.335 e. The molecule has 0 fully saturated rings. The molecule has 0 aliphatic carbocycles. The van der Waals surface area contributed by atoms with E-state index in [2.05, 4.69) is 0 Å². The van der Waals surface area contributed by atoms with Gasteiger partial charge < -0.3 is 9.15 Å². The average Bonchev–Trinajstić information content (AvgIpc) is 3.43. The number of ether oxygens (including phenoxy) is 1. The Hall–Kier alpha value is -3.16. The van der Waals surface area contributed by atoms with E-state index in [9.17, 15) is 13.2 Å². The molecule has 0 N–H and O–H groups in total. The molecule has 0 saturated heterocycles. The number of aryl methyl sites for hydroxylation is 1. The van der Waals surface area contributed by atoms with E-state index in [-0.39, 0.29) is 17.1 Å². The number of hydrogen-bond donors (Lipinski definition) is 0. The summed E-state index contributed by atoms with van der Waals surface area (Å²) in [6.07, 6.45) is 4.64. The van der Waals surface area contributed by atoms with Crippen LogP contribution >= 0.6 is 0 Å². The predicted octanol–water partition coefficient (Wildman–Crippen LogP) is 4.56. The van der Waals surface area contributed by atoms with E-state index < -0.39 is 28.1 Å². The number of nitrogens with zero attached hydrogens (tertiary/aromatic N) is 1. The lowest BCUT2D eigenvalue weighted by Gasteiger charge is -2.30. The molecule has 1 aliphatic heterocycles. The summed E-state index contributed by atoms with van der Waals surface area (Å²) in [5, 5.41) is 0. The fourth-order valence-electron chi connectivity index (χ4n) is 3.79. The summed E-state index contributed by atoms with van der Waals surface area (Å²) in [7, 11) is -3.98. The van der Waals surface area contributed by atoms with E-state index in [0.29, 0.717) is 11.1 Å². The third-order valence-corrected chi connectivity index (χ3v) is 7.13. The van der Waals surface area contributed by atoms with Crippen molar-refractivity contribution in [2.45, 2.75) is 30.8 Å². The quantitative estimate of drug-likeness (QED) is 0.528. The predicted molar refractivity (Wildman–Crippen MR) is 116 cm³/mol. The van der Waals surface area contributed by atoms with Crippen molar-refractivity contribution in [2.24, 2.45) is 0 Å². The van der Waals surface area contributed by atoms with E-state index in [0.717, 1.165) is 5.56 Å². The second kappa shape index (κ2) is 8.53. The number of esters is 1. The Labute approximate surface area is 181 Å². The minimum atomic E-state index is -3.98. The number of carbonyl (C=O) groups is 1. The van der Waals surface area contributed by atoms with Gasteiger partial charge in [-0.05, 0) is 43.7 Å². The van der Waals surface area contributed by atoms with E-state index in [1.807, 2.05) is 37.3 Å². The van der Waals surface area contributed by atoms with Gasteiger partial charge in [0.15, 0.2) is 0 Å². The molecule has 1 aliphatic rings. The maximum Gasteiger partial charge on any atom is 0.335 e. The molecule has 3 aromatic rings. The summed E-state index contributed by atoms with van der Waals surface area (Å²) < 4.78 is 39.6. The zero-order chi connectivity index (χ0) is 22.0. The van der Waals surface area contributed by atoms with Crippen LogP contribution in [-0.4, -0.2) is 25.3 Å². The molecule has 1 aromatic heterocycles. The number of carbonyl (C=O) groups excluding carboxylic acids is 1. The first-order valence-corrected chi connectivity index (χ1v) is 11.4. The fraction of sp³-hybridized carbons (Fsp3) is 0.208. The highest BCUT2D eigenvalue weighted by molar-refractivity contribution is 7.89. The molecule has 2 aromatic carbocycles. The molecule has 0 bridgehead atoms. The molecule has 0 saturated carbocycles. The summed E-state index contributed by atoms with van der Waals surface area (Å²) in [5.74, 6) is -0.536. The maximum absolute atomic E-state index is 13.9. The zero-order valence-corrected chi connectivity index (χ0v) is 18.1. The molecule has 4 rings (SSSR count). The molecule has 31 heavy (non-hydrogen) atoms. The number of sulfonamides is 1. The molecule has 6 nitrogen and oxygen atoms in total. The van der Waals surface area contributed by atoms with Crippen LogP contribution in [0, 0.1) is 6.92 Å². The van der Waals surface area contributed by atoms with Gasteiger partial charge in [-0.2, -0.15) is 4.31 Å². The minimum Gasteiger partial charge on any atom is -0.472 e. The van der Waals surface area contributed by atoms with Crippen molar-refractivity contribution in [2.75, 3.05) is 6.61 Å². The van der Waals surface area contributed by atoms with Crippen LogP contribution in [0.5, 0.6) is 0 Å². The van der Waals surface area contributed by atoms with Crippen molar-refractivity contribution in [1.82, 2.24) is 4.31 Å². The summed E-state index contributed by atoms with van der Waals surface area (Å²) in [6.45, 7) is 3.81. The third-order valence-electron chi connectivity index (χ3n) is 5.27. The Kier molecular flexibility index (Phi) is 5.80. The van der Waals surface area contributed by atoms with E-state index in [1.54, 1.807) is 43.3 Å². The zero-order valence-electron chi connectivity index (χ0n) is 17.3. The van der Waals surface area contributed by atoms with Gasteiger partial charge in [0, 0.05) is 5.56 Å². The summed E-state index contributed by atoms with van der Waals surface area (Å²) in [5.41, 5.74) is 2.56. The van der Waals surface area contributed by atoms with Crippen LogP contribution < -0.4 is 0 Å². The van der Waals surface area contributed by atoms with Gasteiger partial charge in [0.1, 0.15) is 0 Å². The van der Waals surface area contributed by atoms with Crippen LogP contribution in [0.25, 0.3) is 0 Å². The molecular weight excluding hydrogens is 414 g/mol. The van der Waals surface area contributed by atoms with Gasteiger partial charge in [-0.15, -0.1) is 0 Å². The Balaban J connectivity index is 1.91. The SMILES string of the molecule is CCOC(=O)C1=C[C@@H](c2ccoc2)N(S(=O)(=O)c2ccc(C)cc2)[C@H]1c1ccccc1. The Morgan fingerprint density at radius 2 is 1.74 bits per heavy atom. The maximum atomic E-state index is 13.9. The first-order chi connectivity index (χ1) is 14.9. The van der Waals surface area contributed by atoms with Gasteiger partial charge in [0.05, 0.1) is 41.7 Å². The number of benzene rings is 2. The normalized spacial score (nSPS) is 19.2. The lowest BCUT2D eigenvalue weighted by Crippen LogP contribution is -2.35. The van der Waals surface area contributed by atoms with Crippen molar-refractivity contribution in [3.63, 3.8) is 0 Å². The van der Waals surface area contributed by atoms with Crippen molar-refractivity contribution < 1.29 is 22.4 Å². The lowest BCUT2D eigenvalue weighted by molar-refractivity contribution is -0.138. The Morgan fingerprint density at radius 1 is 1.03 bits per heavy atom. The monoisotopic (exact) mass is 437 g/mol. The molecule has 0 amide bonds. The van der Waals surface area contributed by atoms with E-state index >= 15 is 0 Å². The van der Waals surface area contributed by atoms with Gasteiger partial charge >= 0.3 is 5.97 Å². The highest BCUT2D eigenvalue weighted by Crippen LogP contribution is 2.47. The highest BCUT2D eigenvalue weighted by atomic mass is 32.2. The Morgan fingerprint density at radius 3 is 2.35 bits per heavy atom. The van der Waals surface area contributed by atoms with Gasteiger partial charge in [-0.3, -0.25) is 0 Å². The van der Waals surface area contributed by atoms with E-state index in [4.69, 9.17) is 9.15 Å². The van der Waals surface area contributed by atoms with E-state index in [1.165, 1.54) is 16.8 Å². The van der Waals surface area contributed by atoms with Gasteiger partial charge in [-0.1, -0.05) is 48.0 Å². The second-order valence-electron chi connectivity index (χ2n) is 7.31.